The summed E-state index contributed by atoms with van der Waals surface area (Å²) in [5.74, 6) is 0.889. The van der Waals surface area contributed by atoms with Crippen molar-refractivity contribution in [2.24, 2.45) is 0 Å². The Morgan fingerprint density at radius 1 is 0.958 bits per heavy atom. The van der Waals surface area contributed by atoms with Gasteiger partial charge in [0, 0.05) is 10.9 Å². The highest BCUT2D eigenvalue weighted by atomic mass is 16.3. The third-order valence-electron chi connectivity index (χ3n) is 5.16. The normalized spacial score (nSPS) is 15.2. The van der Waals surface area contributed by atoms with E-state index in [1.165, 1.54) is 42.4 Å². The highest BCUT2D eigenvalue weighted by Crippen LogP contribution is 2.39. The van der Waals surface area contributed by atoms with Crippen LogP contribution in [0.2, 0.25) is 0 Å². The molecule has 4 rings (SSSR count). The Morgan fingerprint density at radius 3 is 2.38 bits per heavy atom. The fourth-order valence-corrected chi connectivity index (χ4v) is 4.12. The second-order valence-electron chi connectivity index (χ2n) is 7.13. The molecule has 1 N–H and O–H groups in total. The van der Waals surface area contributed by atoms with E-state index in [2.05, 4.69) is 50.2 Å². The Kier molecular flexibility index (Phi) is 3.76. The lowest BCUT2D eigenvalue weighted by Crippen LogP contribution is -1.96. The second-order valence-corrected chi connectivity index (χ2v) is 7.13. The zero-order chi connectivity index (χ0) is 16.7. The van der Waals surface area contributed by atoms with Crippen LogP contribution in [0.5, 0.6) is 5.75 Å². The number of pyridine rings is 1. The van der Waals surface area contributed by atoms with E-state index < -0.39 is 0 Å². The average molecular weight is 317 g/mol. The number of aryl methyl sites for hydroxylation is 2. The first-order chi connectivity index (χ1) is 11.6. The van der Waals surface area contributed by atoms with Gasteiger partial charge in [-0.15, -0.1) is 0 Å². The maximum atomic E-state index is 10.6. The molecule has 1 fully saturated rings. The quantitative estimate of drug-likeness (QED) is 0.640. The molecule has 24 heavy (non-hydrogen) atoms. The van der Waals surface area contributed by atoms with Gasteiger partial charge in [0.25, 0.3) is 0 Å². The predicted octanol–water partition coefficient (Wildman–Crippen LogP) is 5.88. The molecule has 122 valence electrons. The van der Waals surface area contributed by atoms with Gasteiger partial charge in [0.05, 0.1) is 5.52 Å². The van der Waals surface area contributed by atoms with Gasteiger partial charge in [-0.3, -0.25) is 0 Å². The molecule has 0 aliphatic heterocycles. The van der Waals surface area contributed by atoms with Crippen molar-refractivity contribution in [3.05, 3.63) is 59.2 Å². The summed E-state index contributed by atoms with van der Waals surface area (Å²) in [4.78, 5) is 4.81. The first kappa shape index (κ1) is 15.2. The lowest BCUT2D eigenvalue weighted by molar-refractivity contribution is 0.476. The number of rotatable bonds is 2. The van der Waals surface area contributed by atoms with Crippen LogP contribution >= 0.6 is 0 Å². The van der Waals surface area contributed by atoms with Gasteiger partial charge in [0.15, 0.2) is 0 Å². The average Bonchev–Trinajstić information content (AvgIpc) is 3.07. The molecule has 1 aliphatic rings. The maximum Gasteiger partial charge on any atom is 0.142 e. The molecule has 0 radical (unpaired) electrons. The molecule has 1 aliphatic carbocycles. The van der Waals surface area contributed by atoms with Gasteiger partial charge in [-0.25, -0.2) is 4.98 Å². The summed E-state index contributed by atoms with van der Waals surface area (Å²) in [5, 5.41) is 11.8. The molecule has 0 spiro atoms. The fourth-order valence-electron chi connectivity index (χ4n) is 4.12. The van der Waals surface area contributed by atoms with E-state index in [-0.39, 0.29) is 5.75 Å². The Balaban J connectivity index is 1.88. The fraction of sp³-hybridized carbons (Fsp3) is 0.318. The van der Waals surface area contributed by atoms with Gasteiger partial charge in [-0.1, -0.05) is 42.2 Å². The molecule has 1 saturated carbocycles. The van der Waals surface area contributed by atoms with Crippen LogP contribution in [0, 0.1) is 13.8 Å². The van der Waals surface area contributed by atoms with Crippen molar-refractivity contribution in [3.63, 3.8) is 0 Å². The van der Waals surface area contributed by atoms with E-state index in [1.807, 2.05) is 6.07 Å². The summed E-state index contributed by atoms with van der Waals surface area (Å²) < 4.78 is 0. The number of nitrogens with zero attached hydrogens (tertiary/aromatic N) is 1. The predicted molar refractivity (Wildman–Crippen MR) is 99.5 cm³/mol. The van der Waals surface area contributed by atoms with Crippen LogP contribution in [0.4, 0.5) is 0 Å². The number of hydrogen-bond donors (Lipinski definition) is 1. The molecular weight excluding hydrogens is 294 g/mol. The van der Waals surface area contributed by atoms with Gasteiger partial charge in [0.1, 0.15) is 11.4 Å². The number of aromatic hydroxyl groups is 1. The minimum Gasteiger partial charge on any atom is -0.506 e. The highest BCUT2D eigenvalue weighted by molar-refractivity contribution is 5.88. The van der Waals surface area contributed by atoms with E-state index in [0.717, 1.165) is 16.5 Å². The van der Waals surface area contributed by atoms with Crippen molar-refractivity contribution in [1.82, 2.24) is 4.98 Å². The van der Waals surface area contributed by atoms with E-state index >= 15 is 0 Å². The molecule has 3 aromatic rings. The summed E-state index contributed by atoms with van der Waals surface area (Å²) in [7, 11) is 0. The maximum absolute atomic E-state index is 10.6. The Labute approximate surface area is 143 Å². The van der Waals surface area contributed by atoms with E-state index in [0.29, 0.717) is 11.6 Å². The molecule has 2 nitrogen and oxygen atoms in total. The number of fused-ring (bicyclic) bond motifs is 1. The zero-order valence-electron chi connectivity index (χ0n) is 14.3. The monoisotopic (exact) mass is 317 g/mol. The lowest BCUT2D eigenvalue weighted by Gasteiger charge is -2.14. The molecule has 0 unspecified atom stereocenters. The third kappa shape index (κ3) is 2.66. The number of benzene rings is 2. The number of aromatic nitrogens is 1. The summed E-state index contributed by atoms with van der Waals surface area (Å²) in [6.07, 6.45) is 5.11. The van der Waals surface area contributed by atoms with Crippen molar-refractivity contribution in [3.8, 4) is 17.0 Å². The van der Waals surface area contributed by atoms with Gasteiger partial charge < -0.3 is 5.11 Å². The molecule has 0 atom stereocenters. The van der Waals surface area contributed by atoms with Gasteiger partial charge in [-0.05, 0) is 62.4 Å². The van der Waals surface area contributed by atoms with Crippen LogP contribution in [-0.2, 0) is 0 Å². The molecule has 1 heterocycles. The highest BCUT2D eigenvalue weighted by Gasteiger charge is 2.20. The molecule has 1 aromatic heterocycles. The van der Waals surface area contributed by atoms with Crippen molar-refractivity contribution in [1.29, 1.82) is 0 Å². The molecular formula is C22H23NO. The van der Waals surface area contributed by atoms with Gasteiger partial charge >= 0.3 is 0 Å². The third-order valence-corrected chi connectivity index (χ3v) is 5.16. The smallest absolute Gasteiger partial charge is 0.142 e. The van der Waals surface area contributed by atoms with E-state index in [9.17, 15) is 5.11 Å². The van der Waals surface area contributed by atoms with Gasteiger partial charge in [0.2, 0.25) is 0 Å². The van der Waals surface area contributed by atoms with E-state index in [4.69, 9.17) is 4.98 Å². The van der Waals surface area contributed by atoms with Crippen LogP contribution in [0.15, 0.2) is 42.5 Å². The minimum absolute atomic E-state index is 0.276. The standard InChI is InChI=1S/C22H23NO/c1-14-10-15(2)12-17(11-14)22-21(24)13-19-18(16-6-3-4-7-16)8-5-9-20(19)23-22/h5,8-13,16,24H,3-4,6-7H2,1-2H3. The molecule has 2 aromatic carbocycles. The SMILES string of the molecule is Cc1cc(C)cc(-c2nc3cccc(C4CCCC4)c3cc2O)c1. The summed E-state index contributed by atoms with van der Waals surface area (Å²) in [5.41, 5.74) is 6.36. The topological polar surface area (TPSA) is 33.1 Å². The van der Waals surface area contributed by atoms with Crippen molar-refractivity contribution in [2.45, 2.75) is 45.4 Å². The molecule has 0 saturated heterocycles. The van der Waals surface area contributed by atoms with Crippen LogP contribution in [-0.4, -0.2) is 10.1 Å². The van der Waals surface area contributed by atoms with Gasteiger partial charge in [-0.2, -0.15) is 0 Å². The minimum atomic E-state index is 0.276. The lowest BCUT2D eigenvalue weighted by atomic mass is 9.93. The summed E-state index contributed by atoms with van der Waals surface area (Å²) >= 11 is 0. The van der Waals surface area contributed by atoms with Crippen molar-refractivity contribution >= 4 is 10.9 Å². The Hall–Kier alpha value is -2.35. The summed E-state index contributed by atoms with van der Waals surface area (Å²) in [6.45, 7) is 4.15. The first-order valence-electron chi connectivity index (χ1n) is 8.83. The molecule has 0 amide bonds. The van der Waals surface area contributed by atoms with E-state index in [1.54, 1.807) is 0 Å². The van der Waals surface area contributed by atoms with Crippen LogP contribution in [0.25, 0.3) is 22.2 Å². The Morgan fingerprint density at radius 2 is 1.67 bits per heavy atom. The second kappa shape index (κ2) is 5.94. The Bertz CT molecular complexity index is 887. The van der Waals surface area contributed by atoms with Crippen LogP contribution in [0.3, 0.4) is 0 Å². The first-order valence-corrected chi connectivity index (χ1v) is 8.83. The largest absolute Gasteiger partial charge is 0.506 e. The molecule has 0 bridgehead atoms. The van der Waals surface area contributed by atoms with Crippen molar-refractivity contribution < 1.29 is 5.11 Å². The van der Waals surface area contributed by atoms with Crippen LogP contribution in [0.1, 0.15) is 48.3 Å². The summed E-state index contributed by atoms with van der Waals surface area (Å²) in [6, 6.07) is 14.6. The zero-order valence-corrected chi connectivity index (χ0v) is 14.3. The van der Waals surface area contributed by atoms with Crippen molar-refractivity contribution in [2.75, 3.05) is 0 Å². The number of hydrogen-bond acceptors (Lipinski definition) is 2. The van der Waals surface area contributed by atoms with Crippen LogP contribution < -0.4 is 0 Å². The molecule has 2 heteroatoms.